The van der Waals surface area contributed by atoms with Gasteiger partial charge in [-0.25, -0.2) is 0 Å². The average Bonchev–Trinajstić information content (AvgIpc) is 2.76. The van der Waals surface area contributed by atoms with Crippen LogP contribution in [0.4, 0.5) is 0 Å². The molecule has 0 aromatic rings. The third kappa shape index (κ3) is 17.4. The summed E-state index contributed by atoms with van der Waals surface area (Å²) < 4.78 is 0. The zero-order chi connectivity index (χ0) is 24.0. The molecule has 0 unspecified atom stereocenters. The summed E-state index contributed by atoms with van der Waals surface area (Å²) in [5.74, 6) is 0. The molecule has 0 amide bonds. The van der Waals surface area contributed by atoms with Crippen molar-refractivity contribution in [3.05, 3.63) is 75.9 Å². The number of halogens is 2. The summed E-state index contributed by atoms with van der Waals surface area (Å²) in [6.45, 7) is 25.7. The first-order chi connectivity index (χ1) is 15.6. The molecule has 0 rings (SSSR count). The highest BCUT2D eigenvalue weighted by molar-refractivity contribution is 5.85. The van der Waals surface area contributed by atoms with Gasteiger partial charge in [-0.05, 0) is 64.5 Å². The van der Waals surface area contributed by atoms with Crippen LogP contribution >= 0.6 is 24.8 Å². The lowest BCUT2D eigenvalue weighted by atomic mass is 9.87. The van der Waals surface area contributed by atoms with Crippen molar-refractivity contribution in [1.29, 1.82) is 0 Å². The second-order valence-electron chi connectivity index (χ2n) is 9.20. The van der Waals surface area contributed by atoms with E-state index in [1.165, 1.54) is 51.4 Å². The number of rotatable bonds is 25. The molecule has 0 spiro atoms. The van der Waals surface area contributed by atoms with Gasteiger partial charge in [-0.3, -0.25) is 0 Å². The molecule has 0 aromatic carbocycles. The molecule has 0 radical (unpaired) electrons. The van der Waals surface area contributed by atoms with Crippen molar-refractivity contribution in [2.24, 2.45) is 0 Å². The van der Waals surface area contributed by atoms with Crippen molar-refractivity contribution in [2.75, 3.05) is 13.1 Å². The minimum Gasteiger partial charge on any atom is -0.310 e. The number of unbranched alkanes of at least 4 members (excludes halogenated alkanes) is 7. The van der Waals surface area contributed by atoms with Crippen LogP contribution in [0.3, 0.4) is 0 Å². The second-order valence-corrected chi connectivity index (χ2v) is 9.20. The molecular weight excluding hydrogens is 459 g/mol. The highest BCUT2D eigenvalue weighted by atomic mass is 35.5. The predicted molar refractivity (Wildman–Crippen MR) is 162 cm³/mol. The van der Waals surface area contributed by atoms with Crippen molar-refractivity contribution < 1.29 is 0 Å². The fraction of sp³-hybridized carbons (Fsp3) is 0.600. The highest BCUT2D eigenvalue weighted by Gasteiger charge is 2.25. The lowest BCUT2D eigenvalue weighted by molar-refractivity contribution is 0.326. The van der Waals surface area contributed by atoms with E-state index in [2.05, 4.69) is 50.1 Å². The fourth-order valence-electron chi connectivity index (χ4n) is 4.61. The molecule has 0 aliphatic carbocycles. The van der Waals surface area contributed by atoms with Crippen LogP contribution in [0.5, 0.6) is 0 Å². The number of hydrogen-bond acceptors (Lipinski definition) is 2. The molecule has 0 bridgehead atoms. The topological polar surface area (TPSA) is 24.1 Å². The van der Waals surface area contributed by atoms with Crippen LogP contribution in [0.1, 0.15) is 89.9 Å². The fourth-order valence-corrected chi connectivity index (χ4v) is 4.61. The van der Waals surface area contributed by atoms with Crippen LogP contribution in [-0.2, 0) is 0 Å². The summed E-state index contributed by atoms with van der Waals surface area (Å²) in [6.07, 6.45) is 28.2. The van der Waals surface area contributed by atoms with Crippen LogP contribution in [0.25, 0.3) is 0 Å². The van der Waals surface area contributed by atoms with E-state index in [0.29, 0.717) is 0 Å². The van der Waals surface area contributed by atoms with Gasteiger partial charge >= 0.3 is 0 Å². The second kappa shape index (κ2) is 25.0. The van der Waals surface area contributed by atoms with Crippen LogP contribution in [0, 0.1) is 0 Å². The van der Waals surface area contributed by atoms with Crippen molar-refractivity contribution in [3.63, 3.8) is 0 Å². The van der Waals surface area contributed by atoms with Gasteiger partial charge in [0.05, 0.1) is 0 Å². The summed E-state index contributed by atoms with van der Waals surface area (Å²) in [5, 5.41) is 7.52. The molecule has 2 N–H and O–H groups in total. The van der Waals surface area contributed by atoms with Crippen molar-refractivity contribution in [2.45, 2.75) is 101 Å². The van der Waals surface area contributed by atoms with Crippen LogP contribution < -0.4 is 10.6 Å². The summed E-state index contributed by atoms with van der Waals surface area (Å²) in [6, 6.07) is 0. The molecule has 4 heteroatoms. The highest BCUT2D eigenvalue weighted by Crippen LogP contribution is 2.23. The van der Waals surface area contributed by atoms with Gasteiger partial charge in [-0.15, -0.1) is 64.3 Å². The van der Waals surface area contributed by atoms with E-state index in [0.717, 1.165) is 51.6 Å². The Morgan fingerprint density at radius 1 is 0.382 bits per heavy atom. The maximum absolute atomic E-state index is 3.93. The van der Waals surface area contributed by atoms with E-state index in [1.54, 1.807) is 0 Å². The number of nitrogens with one attached hydrogen (secondary N) is 2. The Labute approximate surface area is 225 Å². The van der Waals surface area contributed by atoms with Gasteiger partial charge in [0.1, 0.15) is 0 Å². The molecule has 0 atom stereocenters. The maximum atomic E-state index is 3.93. The first-order valence-corrected chi connectivity index (χ1v) is 12.7. The smallest absolute Gasteiger partial charge is 0.0284 e. The molecular formula is C30H54Cl2N2. The van der Waals surface area contributed by atoms with Gasteiger partial charge in [0.2, 0.25) is 0 Å². The lowest BCUT2D eigenvalue weighted by Crippen LogP contribution is -2.44. The Morgan fingerprint density at radius 3 is 0.794 bits per heavy atom. The normalized spacial score (nSPS) is 10.9. The first-order valence-electron chi connectivity index (χ1n) is 12.7. The summed E-state index contributed by atoms with van der Waals surface area (Å²) in [4.78, 5) is 0. The molecule has 0 saturated carbocycles. The molecule has 198 valence electrons. The van der Waals surface area contributed by atoms with Crippen molar-refractivity contribution in [1.82, 2.24) is 10.6 Å². The molecule has 0 heterocycles. The third-order valence-electron chi connectivity index (χ3n) is 6.31. The van der Waals surface area contributed by atoms with E-state index >= 15 is 0 Å². The Morgan fingerprint density at radius 2 is 0.588 bits per heavy atom. The molecule has 0 saturated heterocycles. The molecule has 0 aliphatic rings. The maximum Gasteiger partial charge on any atom is 0.0284 e. The van der Waals surface area contributed by atoms with E-state index in [-0.39, 0.29) is 35.9 Å². The van der Waals surface area contributed by atoms with Gasteiger partial charge in [0.15, 0.2) is 0 Å². The molecule has 2 nitrogen and oxygen atoms in total. The first kappa shape index (κ1) is 37.5. The van der Waals surface area contributed by atoms with Gasteiger partial charge in [-0.1, -0.05) is 75.0 Å². The SMILES string of the molecule is C=CCC(CC=C)(CC=C)NCCCCCCCCCCNC(CC=C)(CC=C)CC=C.Cl.Cl. The summed E-state index contributed by atoms with van der Waals surface area (Å²) in [7, 11) is 0. The Kier molecular flexibility index (Phi) is 27.6. The van der Waals surface area contributed by atoms with Crippen LogP contribution in [0.2, 0.25) is 0 Å². The molecule has 0 aliphatic heterocycles. The van der Waals surface area contributed by atoms with Gasteiger partial charge in [0, 0.05) is 11.1 Å². The van der Waals surface area contributed by atoms with Gasteiger partial charge in [-0.2, -0.15) is 0 Å². The summed E-state index contributed by atoms with van der Waals surface area (Å²) in [5.41, 5.74) is 0.111. The zero-order valence-electron chi connectivity index (χ0n) is 21.8. The standard InChI is InChI=1S/C30H52N2.2ClH/c1-7-21-29(22-8-2,23-9-3)31-27-19-17-15-13-14-16-18-20-28-32-30(24-10-4,25-11-5)26-12-6;;/h7-12,31-32H,1-6,13-28H2;2*1H. The quantitative estimate of drug-likeness (QED) is 0.0940. The van der Waals surface area contributed by atoms with E-state index < -0.39 is 0 Å². The average molecular weight is 514 g/mol. The van der Waals surface area contributed by atoms with E-state index in [4.69, 9.17) is 0 Å². The zero-order valence-corrected chi connectivity index (χ0v) is 23.5. The lowest BCUT2D eigenvalue weighted by Gasteiger charge is -2.32. The van der Waals surface area contributed by atoms with Crippen LogP contribution in [0.15, 0.2) is 75.9 Å². The van der Waals surface area contributed by atoms with Gasteiger partial charge < -0.3 is 10.6 Å². The number of hydrogen-bond donors (Lipinski definition) is 2. The molecule has 0 fully saturated rings. The van der Waals surface area contributed by atoms with Gasteiger partial charge in [0.25, 0.3) is 0 Å². The molecule has 34 heavy (non-hydrogen) atoms. The minimum absolute atomic E-state index is 0. The van der Waals surface area contributed by atoms with Crippen molar-refractivity contribution in [3.8, 4) is 0 Å². The van der Waals surface area contributed by atoms with Crippen molar-refractivity contribution >= 4 is 24.8 Å². The van der Waals surface area contributed by atoms with E-state index in [1.807, 2.05) is 36.5 Å². The summed E-state index contributed by atoms with van der Waals surface area (Å²) >= 11 is 0. The Balaban J connectivity index is -0.00000480. The van der Waals surface area contributed by atoms with E-state index in [9.17, 15) is 0 Å². The van der Waals surface area contributed by atoms with Crippen LogP contribution in [-0.4, -0.2) is 24.2 Å². The Hall–Kier alpha value is -1.06. The monoisotopic (exact) mass is 512 g/mol. The largest absolute Gasteiger partial charge is 0.310 e. The molecule has 0 aromatic heterocycles. The predicted octanol–water partition coefficient (Wildman–Crippen LogP) is 9.06. The Bertz CT molecular complexity index is 441. The minimum atomic E-state index is 0. The third-order valence-corrected chi connectivity index (χ3v) is 6.31.